The zero-order valence-corrected chi connectivity index (χ0v) is 17.6. The molecule has 10 heteroatoms. The minimum atomic E-state index is -5.08. The quantitative estimate of drug-likeness (QED) is 0.701. The number of hydrogen-bond donors (Lipinski definition) is 1. The van der Waals surface area contributed by atoms with Crippen LogP contribution in [0.15, 0.2) is 24.3 Å². The Bertz CT molecular complexity index is 764. The Morgan fingerprint density at radius 1 is 1.26 bits per heavy atom. The first kappa shape index (κ1) is 25.1. The number of rotatable bonds is 5. The van der Waals surface area contributed by atoms with Crippen LogP contribution in [-0.4, -0.2) is 72.9 Å². The molecule has 0 aromatic heterocycles. The van der Waals surface area contributed by atoms with Gasteiger partial charge in [-0.2, -0.15) is 13.2 Å². The average molecular weight is 448 g/mol. The van der Waals surface area contributed by atoms with E-state index in [0.717, 1.165) is 44.6 Å². The lowest BCUT2D eigenvalue weighted by Gasteiger charge is -2.41. The maximum absolute atomic E-state index is 13.9. The lowest BCUT2D eigenvalue weighted by Crippen LogP contribution is -2.45. The van der Waals surface area contributed by atoms with Crippen molar-refractivity contribution in [2.75, 3.05) is 39.9 Å². The lowest BCUT2D eigenvalue weighted by atomic mass is 9.71. The number of amides is 1. The van der Waals surface area contributed by atoms with Gasteiger partial charge in [-0.1, -0.05) is 18.2 Å². The average Bonchev–Trinajstić information content (AvgIpc) is 2.97. The summed E-state index contributed by atoms with van der Waals surface area (Å²) >= 11 is 0. The minimum absolute atomic E-state index is 0.0227. The largest absolute Gasteiger partial charge is 0.490 e. The van der Waals surface area contributed by atoms with Gasteiger partial charge in [-0.15, -0.1) is 0 Å². The monoisotopic (exact) mass is 448 g/mol. The third-order valence-electron chi connectivity index (χ3n) is 6.02. The topological polar surface area (TPSA) is 70.1 Å². The molecule has 0 saturated carbocycles. The molecule has 3 rings (SSSR count). The van der Waals surface area contributed by atoms with Gasteiger partial charge in [0, 0.05) is 37.7 Å². The molecule has 2 aliphatic rings. The summed E-state index contributed by atoms with van der Waals surface area (Å²) in [4.78, 5) is 25.8. The van der Waals surface area contributed by atoms with Gasteiger partial charge in [0.1, 0.15) is 5.82 Å². The highest BCUT2D eigenvalue weighted by atomic mass is 19.4. The summed E-state index contributed by atoms with van der Waals surface area (Å²) in [5, 5.41) is 7.12. The van der Waals surface area contributed by atoms with Crippen molar-refractivity contribution in [1.29, 1.82) is 0 Å². The third-order valence-corrected chi connectivity index (χ3v) is 6.02. The van der Waals surface area contributed by atoms with Gasteiger partial charge in [-0.05, 0) is 38.9 Å². The van der Waals surface area contributed by atoms with E-state index in [2.05, 4.69) is 4.90 Å². The van der Waals surface area contributed by atoms with E-state index in [1.54, 1.807) is 13.2 Å². The van der Waals surface area contributed by atoms with Gasteiger partial charge in [0.15, 0.2) is 0 Å². The van der Waals surface area contributed by atoms with Crippen LogP contribution in [0.4, 0.5) is 17.6 Å². The highest BCUT2D eigenvalue weighted by molar-refractivity contribution is 5.82. The highest BCUT2D eigenvalue weighted by Gasteiger charge is 2.52. The standard InChI is InChI=1S/C19H27FN2O2.C2HF3O2/c1-3-22-14-19(16(13-24-2)18(22)23)8-10-21(11-9-19)12-15-6-4-5-7-17(15)20;3-2(4,5)1(6)7/h4-7,16H,3,8-14H2,1-2H3;(H,6,7). The Morgan fingerprint density at radius 2 is 1.84 bits per heavy atom. The third kappa shape index (κ3) is 6.16. The molecule has 31 heavy (non-hydrogen) atoms. The number of nitrogens with zero attached hydrogens (tertiary/aromatic N) is 2. The first-order chi connectivity index (χ1) is 14.5. The van der Waals surface area contributed by atoms with Crippen LogP contribution in [0.25, 0.3) is 0 Å². The number of alkyl halides is 3. The van der Waals surface area contributed by atoms with Gasteiger partial charge >= 0.3 is 12.1 Å². The molecule has 1 unspecified atom stereocenters. The number of ether oxygens (including phenoxy) is 1. The van der Waals surface area contributed by atoms with E-state index in [0.29, 0.717) is 13.2 Å². The second-order valence-electron chi connectivity index (χ2n) is 7.89. The predicted molar refractivity (Wildman–Crippen MR) is 105 cm³/mol. The van der Waals surface area contributed by atoms with Crippen LogP contribution >= 0.6 is 0 Å². The summed E-state index contributed by atoms with van der Waals surface area (Å²) in [6.45, 7) is 6.59. The van der Waals surface area contributed by atoms with Crippen LogP contribution in [-0.2, 0) is 20.9 Å². The number of methoxy groups -OCH3 is 1. The molecule has 2 heterocycles. The molecule has 2 aliphatic heterocycles. The summed E-state index contributed by atoms with van der Waals surface area (Å²) in [6.07, 6.45) is -3.14. The SMILES string of the molecule is CCN1CC2(CCN(Cc3ccccc3F)CC2)C(COC)C1=O.O=C(O)C(F)(F)F. The van der Waals surface area contributed by atoms with Crippen molar-refractivity contribution in [3.05, 3.63) is 35.6 Å². The van der Waals surface area contributed by atoms with Crippen molar-refractivity contribution in [3.8, 4) is 0 Å². The molecule has 2 fully saturated rings. The summed E-state index contributed by atoms with van der Waals surface area (Å²) in [6, 6.07) is 6.98. The van der Waals surface area contributed by atoms with E-state index in [4.69, 9.17) is 14.6 Å². The number of halogens is 4. The van der Waals surface area contributed by atoms with Crippen molar-refractivity contribution >= 4 is 11.9 Å². The highest BCUT2D eigenvalue weighted by Crippen LogP contribution is 2.45. The Hall–Kier alpha value is -2.20. The van der Waals surface area contributed by atoms with E-state index < -0.39 is 12.1 Å². The van der Waals surface area contributed by atoms with E-state index in [9.17, 15) is 22.4 Å². The molecule has 1 N–H and O–H groups in total. The molecule has 6 nitrogen and oxygen atoms in total. The van der Waals surface area contributed by atoms with Crippen LogP contribution in [0, 0.1) is 17.2 Å². The lowest BCUT2D eigenvalue weighted by molar-refractivity contribution is -0.192. The molecule has 1 aromatic rings. The Kier molecular flexibility index (Phi) is 8.41. The number of carboxylic acid groups (broad SMARTS) is 1. The number of aliphatic carboxylic acids is 1. The zero-order chi connectivity index (χ0) is 23.2. The van der Waals surface area contributed by atoms with Crippen molar-refractivity contribution in [2.24, 2.45) is 11.3 Å². The molecule has 1 aromatic carbocycles. The zero-order valence-electron chi connectivity index (χ0n) is 17.6. The number of hydrogen-bond acceptors (Lipinski definition) is 4. The van der Waals surface area contributed by atoms with E-state index in [1.165, 1.54) is 6.07 Å². The van der Waals surface area contributed by atoms with Crippen LogP contribution in [0.5, 0.6) is 0 Å². The fourth-order valence-electron chi connectivity index (χ4n) is 4.26. The fourth-order valence-corrected chi connectivity index (χ4v) is 4.26. The van der Waals surface area contributed by atoms with Gasteiger partial charge in [0.25, 0.3) is 0 Å². The molecular formula is C21H28F4N2O4. The fraction of sp³-hybridized carbons (Fsp3) is 0.619. The van der Waals surface area contributed by atoms with Crippen LogP contribution in [0.3, 0.4) is 0 Å². The Labute approximate surface area is 178 Å². The second kappa shape index (κ2) is 10.4. The van der Waals surface area contributed by atoms with Crippen molar-refractivity contribution < 1.29 is 37.0 Å². The van der Waals surface area contributed by atoms with Crippen LogP contribution in [0.2, 0.25) is 0 Å². The maximum atomic E-state index is 13.9. The maximum Gasteiger partial charge on any atom is 0.490 e. The first-order valence-corrected chi connectivity index (χ1v) is 10.1. The molecule has 1 spiro atoms. The van der Waals surface area contributed by atoms with Gasteiger partial charge in [-0.3, -0.25) is 9.69 Å². The number of likely N-dealkylation sites (tertiary alicyclic amines) is 2. The molecule has 174 valence electrons. The van der Waals surface area contributed by atoms with Crippen LogP contribution in [0.1, 0.15) is 25.3 Å². The molecular weight excluding hydrogens is 420 g/mol. The Balaban J connectivity index is 0.000000423. The molecule has 1 amide bonds. The van der Waals surface area contributed by atoms with E-state index >= 15 is 0 Å². The number of carboxylic acids is 1. The van der Waals surface area contributed by atoms with Crippen LogP contribution < -0.4 is 0 Å². The normalized spacial score (nSPS) is 21.2. The minimum Gasteiger partial charge on any atom is -0.475 e. The first-order valence-electron chi connectivity index (χ1n) is 10.1. The summed E-state index contributed by atoms with van der Waals surface area (Å²) in [5.74, 6) is -2.68. The van der Waals surface area contributed by atoms with Gasteiger partial charge in [-0.25, -0.2) is 9.18 Å². The van der Waals surface area contributed by atoms with Crippen molar-refractivity contribution in [2.45, 2.75) is 32.5 Å². The molecule has 1 atom stereocenters. The van der Waals surface area contributed by atoms with Crippen molar-refractivity contribution in [1.82, 2.24) is 9.80 Å². The number of benzene rings is 1. The van der Waals surface area contributed by atoms with Gasteiger partial charge in [0.2, 0.25) is 5.91 Å². The summed E-state index contributed by atoms with van der Waals surface area (Å²) in [7, 11) is 1.67. The van der Waals surface area contributed by atoms with E-state index in [-0.39, 0.29) is 23.1 Å². The van der Waals surface area contributed by atoms with Gasteiger partial charge in [0.05, 0.1) is 12.5 Å². The molecule has 0 radical (unpaired) electrons. The van der Waals surface area contributed by atoms with Gasteiger partial charge < -0.3 is 14.7 Å². The van der Waals surface area contributed by atoms with Crippen molar-refractivity contribution in [3.63, 3.8) is 0 Å². The molecule has 0 aliphatic carbocycles. The molecule has 0 bridgehead atoms. The summed E-state index contributed by atoms with van der Waals surface area (Å²) < 4.78 is 50.9. The Morgan fingerprint density at radius 3 is 2.32 bits per heavy atom. The predicted octanol–water partition coefficient (Wildman–Crippen LogP) is 3.17. The molecule has 2 saturated heterocycles. The second-order valence-corrected chi connectivity index (χ2v) is 7.89. The number of carbonyl (C=O) groups excluding carboxylic acids is 1. The number of carbonyl (C=O) groups is 2. The number of piperidine rings is 1. The summed E-state index contributed by atoms with van der Waals surface area (Å²) in [5.41, 5.74) is 0.772. The smallest absolute Gasteiger partial charge is 0.475 e. The van der Waals surface area contributed by atoms with E-state index in [1.807, 2.05) is 24.0 Å².